The number of nitrogens with zero attached hydrogens (tertiary/aromatic N) is 1. The van der Waals surface area contributed by atoms with Crippen LogP contribution in [0.15, 0.2) is 51.0 Å². The number of carboxylic acid groups (broad SMARTS) is 1. The molecule has 1 saturated heterocycles. The second-order valence-corrected chi connectivity index (χ2v) is 11.7. The molecule has 1 aromatic rings. The van der Waals surface area contributed by atoms with Gasteiger partial charge in [0.1, 0.15) is 0 Å². The summed E-state index contributed by atoms with van der Waals surface area (Å²) in [4.78, 5) is 65.9. The van der Waals surface area contributed by atoms with Crippen molar-refractivity contribution >= 4 is 45.3 Å². The van der Waals surface area contributed by atoms with Crippen LogP contribution in [0, 0.1) is 17.8 Å². The highest BCUT2D eigenvalue weighted by Gasteiger charge is 2.56. The smallest absolute Gasteiger partial charge is 0.303 e. The van der Waals surface area contributed by atoms with E-state index in [0.29, 0.717) is 52.4 Å². The number of phenolic OH excluding ortho intramolecular Hbond substituents is 1. The number of rotatable bonds is 8. The average molecular weight is 612 g/mol. The number of carbonyl (C=O) groups excluding carboxylic acids is 4. The van der Waals surface area contributed by atoms with E-state index in [1.807, 2.05) is 6.08 Å². The lowest BCUT2D eigenvalue weighted by Gasteiger charge is -2.42. The van der Waals surface area contributed by atoms with E-state index in [2.05, 4.69) is 15.9 Å². The Labute approximate surface area is 239 Å². The molecule has 9 nitrogen and oxygen atoms in total. The summed E-state index contributed by atoms with van der Waals surface area (Å²) in [6.45, 7) is 1.84. The number of allylic oxidation sites excluding steroid dienone is 6. The molecular weight excluding hydrogens is 582 g/mol. The number of aromatic hydroxyl groups is 1. The van der Waals surface area contributed by atoms with Crippen molar-refractivity contribution in [2.75, 3.05) is 13.7 Å². The van der Waals surface area contributed by atoms with Crippen LogP contribution >= 0.6 is 15.9 Å². The number of benzene rings is 1. The maximum Gasteiger partial charge on any atom is 0.303 e. The number of carbonyl (C=O) groups is 5. The summed E-state index contributed by atoms with van der Waals surface area (Å²) in [7, 11) is 1.42. The Hall–Kier alpha value is -3.53. The van der Waals surface area contributed by atoms with Gasteiger partial charge in [-0.1, -0.05) is 18.1 Å². The number of carboxylic acids is 1. The Morgan fingerprint density at radius 3 is 2.55 bits per heavy atom. The molecule has 1 aliphatic heterocycles. The van der Waals surface area contributed by atoms with Crippen molar-refractivity contribution in [2.45, 2.75) is 51.4 Å². The number of fused-ring (bicyclic) bond motifs is 3. The van der Waals surface area contributed by atoms with Crippen molar-refractivity contribution < 1.29 is 38.9 Å². The van der Waals surface area contributed by atoms with Crippen molar-refractivity contribution in [1.29, 1.82) is 0 Å². The lowest BCUT2D eigenvalue weighted by molar-refractivity contribution is -0.141. The zero-order valence-corrected chi connectivity index (χ0v) is 23.8. The van der Waals surface area contributed by atoms with Crippen molar-refractivity contribution in [3.63, 3.8) is 0 Å². The number of hydrogen-bond acceptors (Lipinski definition) is 7. The van der Waals surface area contributed by atoms with Gasteiger partial charge in [-0.25, -0.2) is 0 Å². The molecule has 4 atom stereocenters. The summed E-state index contributed by atoms with van der Waals surface area (Å²) in [5, 5.41) is 19.3. The molecule has 1 heterocycles. The van der Waals surface area contributed by atoms with E-state index in [1.165, 1.54) is 18.1 Å². The van der Waals surface area contributed by atoms with Gasteiger partial charge in [0.15, 0.2) is 23.1 Å². The second kappa shape index (κ2) is 10.8. The zero-order valence-electron chi connectivity index (χ0n) is 22.2. The van der Waals surface area contributed by atoms with E-state index >= 15 is 0 Å². The van der Waals surface area contributed by atoms with E-state index in [0.717, 1.165) is 5.57 Å². The summed E-state index contributed by atoms with van der Waals surface area (Å²) in [6, 6.07) is 3.33. The topological polar surface area (TPSA) is 138 Å². The van der Waals surface area contributed by atoms with E-state index in [9.17, 15) is 29.1 Å². The molecule has 3 aliphatic carbocycles. The Morgan fingerprint density at radius 1 is 1.10 bits per heavy atom. The summed E-state index contributed by atoms with van der Waals surface area (Å²) in [5.74, 6) is -4.08. The van der Waals surface area contributed by atoms with Crippen LogP contribution < -0.4 is 4.74 Å². The third-order valence-corrected chi connectivity index (χ3v) is 9.14. The minimum Gasteiger partial charge on any atom is -0.503 e. The number of methoxy groups -OCH3 is 1. The van der Waals surface area contributed by atoms with Crippen molar-refractivity contribution in [3.05, 3.63) is 56.6 Å². The number of ketones is 2. The lowest BCUT2D eigenvalue weighted by atomic mass is 9.59. The van der Waals surface area contributed by atoms with Crippen LogP contribution in [-0.2, 0) is 24.0 Å². The molecule has 2 amide bonds. The van der Waals surface area contributed by atoms with Crippen LogP contribution in [0.5, 0.6) is 11.5 Å². The number of halogens is 1. The Balaban J connectivity index is 1.53. The first-order chi connectivity index (χ1) is 19.0. The molecular formula is C30H30BrNO8. The number of phenols is 1. The highest BCUT2D eigenvalue weighted by molar-refractivity contribution is 9.10. The number of hydrogen-bond donors (Lipinski definition) is 2. The second-order valence-electron chi connectivity index (χ2n) is 10.8. The van der Waals surface area contributed by atoms with Gasteiger partial charge < -0.3 is 14.9 Å². The van der Waals surface area contributed by atoms with E-state index < -0.39 is 29.6 Å². The molecule has 5 rings (SSSR count). The van der Waals surface area contributed by atoms with E-state index in [-0.39, 0.29) is 54.3 Å². The summed E-state index contributed by atoms with van der Waals surface area (Å²) in [6.07, 6.45) is 5.43. The maximum atomic E-state index is 13.7. The summed E-state index contributed by atoms with van der Waals surface area (Å²) >= 11 is 3.37. The number of likely N-dealkylation sites (tertiary alicyclic amines) is 1. The van der Waals surface area contributed by atoms with Gasteiger partial charge in [-0.3, -0.25) is 28.9 Å². The molecule has 10 heteroatoms. The molecule has 1 aromatic carbocycles. The third-order valence-electron chi connectivity index (χ3n) is 8.53. The number of unbranched alkanes of at least 4 members (excludes halogenated alkanes) is 2. The molecule has 1 fully saturated rings. The molecule has 210 valence electrons. The molecule has 40 heavy (non-hydrogen) atoms. The predicted molar refractivity (Wildman–Crippen MR) is 147 cm³/mol. The van der Waals surface area contributed by atoms with Crippen LogP contribution in [0.4, 0.5) is 0 Å². The summed E-state index contributed by atoms with van der Waals surface area (Å²) in [5.41, 5.74) is 2.52. The van der Waals surface area contributed by atoms with E-state index in [1.54, 1.807) is 19.1 Å². The zero-order chi connectivity index (χ0) is 28.9. The quantitative estimate of drug-likeness (QED) is 0.193. The number of amides is 2. The first-order valence-corrected chi connectivity index (χ1v) is 14.2. The van der Waals surface area contributed by atoms with E-state index in [4.69, 9.17) is 9.84 Å². The van der Waals surface area contributed by atoms with Crippen LogP contribution in [0.2, 0.25) is 0 Å². The van der Waals surface area contributed by atoms with Gasteiger partial charge in [0.2, 0.25) is 11.8 Å². The fourth-order valence-electron chi connectivity index (χ4n) is 6.67. The van der Waals surface area contributed by atoms with Crippen LogP contribution in [-0.4, -0.2) is 58.1 Å². The number of aliphatic carboxylic acids is 1. The molecule has 2 N–H and O–H groups in total. The molecule has 4 aliphatic rings. The van der Waals surface area contributed by atoms with Gasteiger partial charge >= 0.3 is 5.97 Å². The minimum absolute atomic E-state index is 0.0418. The van der Waals surface area contributed by atoms with Gasteiger partial charge in [-0.05, 0) is 78.2 Å². The van der Waals surface area contributed by atoms with Gasteiger partial charge in [0.05, 0.1) is 23.4 Å². The lowest BCUT2D eigenvalue weighted by Crippen LogP contribution is -2.40. The molecule has 0 bridgehead atoms. The predicted octanol–water partition coefficient (Wildman–Crippen LogP) is 4.24. The van der Waals surface area contributed by atoms with Gasteiger partial charge in [0, 0.05) is 35.6 Å². The first kappa shape index (κ1) is 28.0. The van der Waals surface area contributed by atoms with Gasteiger partial charge in [0.25, 0.3) is 0 Å². The fourth-order valence-corrected chi connectivity index (χ4v) is 7.13. The molecule has 0 aromatic heterocycles. The Bertz CT molecular complexity index is 1440. The molecule has 0 spiro atoms. The fraction of sp³-hybridized carbons (Fsp3) is 0.433. The van der Waals surface area contributed by atoms with Crippen molar-refractivity contribution in [3.8, 4) is 11.5 Å². The number of imide groups is 1. The Morgan fingerprint density at radius 2 is 1.85 bits per heavy atom. The van der Waals surface area contributed by atoms with Gasteiger partial charge in [-0.15, -0.1) is 0 Å². The van der Waals surface area contributed by atoms with Crippen LogP contribution in [0.1, 0.15) is 56.9 Å². The number of Topliss-reactive ketones (excluding diaryl/α,β-unsaturated/α-hetero) is 1. The third kappa shape index (κ3) is 4.62. The highest BCUT2D eigenvalue weighted by Crippen LogP contribution is 2.56. The highest BCUT2D eigenvalue weighted by atomic mass is 79.9. The monoisotopic (exact) mass is 611 g/mol. The summed E-state index contributed by atoms with van der Waals surface area (Å²) < 4.78 is 5.73. The van der Waals surface area contributed by atoms with Crippen molar-refractivity contribution in [1.82, 2.24) is 4.90 Å². The average Bonchev–Trinajstić information content (AvgIpc) is 3.16. The molecule has 0 radical (unpaired) electrons. The largest absolute Gasteiger partial charge is 0.503 e. The normalized spacial score (nSPS) is 25.8. The van der Waals surface area contributed by atoms with Crippen LogP contribution in [0.25, 0.3) is 0 Å². The van der Waals surface area contributed by atoms with Crippen molar-refractivity contribution in [2.24, 2.45) is 17.8 Å². The molecule has 0 saturated carbocycles. The minimum atomic E-state index is -0.877. The number of ether oxygens (including phenoxy) is 1. The SMILES string of the molecule is COc1cc(C2C3=CCC4C(=O)N(CCCCCC(=O)O)C(=O)C4C3CC3=C2C(=O)C(C)=CC3=O)cc(Br)c1O. The van der Waals surface area contributed by atoms with Crippen LogP contribution in [0.3, 0.4) is 0 Å². The van der Waals surface area contributed by atoms with Gasteiger partial charge in [-0.2, -0.15) is 0 Å². The Kier molecular flexibility index (Phi) is 7.56. The first-order valence-electron chi connectivity index (χ1n) is 13.4. The molecule has 4 unspecified atom stereocenters. The standard InChI is InChI=1S/C30H30BrNO8/c1-14-10-21(33)19-13-18-16(24(26(19)27(14)36)15-11-20(31)28(37)22(12-15)40-2)7-8-17-25(18)30(39)32(29(17)38)9-5-3-4-6-23(34)35/h7,10-12,17-18,24-25,37H,3-6,8-9,13H2,1-2H3,(H,34,35). The maximum absolute atomic E-state index is 13.7.